The molecule has 38 heavy (non-hydrogen) atoms. The van der Waals surface area contributed by atoms with Crippen molar-refractivity contribution >= 4 is 49.2 Å². The van der Waals surface area contributed by atoms with Crippen molar-refractivity contribution in [1.82, 2.24) is 4.31 Å². The summed E-state index contributed by atoms with van der Waals surface area (Å²) in [5.74, 6) is -2.07. The van der Waals surface area contributed by atoms with Crippen molar-refractivity contribution in [2.24, 2.45) is 0 Å². The number of non-ortho nitro benzene ring substituents is 1. The van der Waals surface area contributed by atoms with Crippen molar-refractivity contribution in [1.29, 1.82) is 0 Å². The number of halogens is 2. The van der Waals surface area contributed by atoms with Gasteiger partial charge in [-0.05, 0) is 63.8 Å². The van der Waals surface area contributed by atoms with E-state index in [9.17, 15) is 32.5 Å². The highest BCUT2D eigenvalue weighted by Crippen LogP contribution is 2.36. The highest BCUT2D eigenvalue weighted by atomic mass is 79.9. The standard InChI is InChI=1S/C25H21BrFN3O7S/c26-21-13-18(30(33)34)7-10-22(21)28-24(31)15-37-25(32)14-23-20-4-2-1-3-16(20)11-12-29(23)38(35,36)19-8-5-17(27)6-9-19/h1-10,13,23H,11-12,14-15H2,(H,28,31). The van der Waals surface area contributed by atoms with Gasteiger partial charge in [0, 0.05) is 23.2 Å². The van der Waals surface area contributed by atoms with Gasteiger partial charge >= 0.3 is 5.97 Å². The average Bonchev–Trinajstić information content (AvgIpc) is 2.89. The molecule has 3 aromatic rings. The summed E-state index contributed by atoms with van der Waals surface area (Å²) in [6, 6.07) is 14.5. The van der Waals surface area contributed by atoms with Crippen LogP contribution in [-0.2, 0) is 30.8 Å². The first-order valence-electron chi connectivity index (χ1n) is 11.3. The molecule has 4 rings (SSSR count). The average molecular weight is 606 g/mol. The van der Waals surface area contributed by atoms with Gasteiger partial charge in [-0.1, -0.05) is 24.3 Å². The second-order valence-corrected chi connectivity index (χ2v) is 11.1. The number of benzene rings is 3. The second kappa shape index (κ2) is 11.4. The summed E-state index contributed by atoms with van der Waals surface area (Å²) in [6.45, 7) is -0.551. The van der Waals surface area contributed by atoms with Crippen molar-refractivity contribution in [3.05, 3.63) is 98.3 Å². The molecule has 13 heteroatoms. The number of fused-ring (bicyclic) bond motifs is 1. The fourth-order valence-electron chi connectivity index (χ4n) is 4.14. The lowest BCUT2D eigenvalue weighted by molar-refractivity contribution is -0.384. The monoisotopic (exact) mass is 605 g/mol. The third-order valence-electron chi connectivity index (χ3n) is 5.95. The Kier molecular flexibility index (Phi) is 8.19. The Bertz CT molecular complexity index is 1500. The Balaban J connectivity index is 1.47. The van der Waals surface area contributed by atoms with Crippen LogP contribution in [0.5, 0.6) is 0 Å². The van der Waals surface area contributed by atoms with Crippen molar-refractivity contribution in [2.75, 3.05) is 18.5 Å². The van der Waals surface area contributed by atoms with E-state index < -0.39 is 45.3 Å². The van der Waals surface area contributed by atoms with E-state index in [-0.39, 0.29) is 33.7 Å². The van der Waals surface area contributed by atoms with Gasteiger partial charge in [0.15, 0.2) is 6.61 Å². The molecule has 1 aliphatic rings. The van der Waals surface area contributed by atoms with Crippen LogP contribution in [0.4, 0.5) is 15.8 Å². The number of amides is 1. The van der Waals surface area contributed by atoms with E-state index in [2.05, 4.69) is 21.2 Å². The van der Waals surface area contributed by atoms with Crippen molar-refractivity contribution < 1.29 is 32.1 Å². The molecular formula is C25H21BrFN3O7S. The van der Waals surface area contributed by atoms with Crippen LogP contribution in [0.15, 0.2) is 76.1 Å². The van der Waals surface area contributed by atoms with Crippen LogP contribution in [-0.4, -0.2) is 42.7 Å². The molecule has 0 spiro atoms. The lowest BCUT2D eigenvalue weighted by Crippen LogP contribution is -2.41. The molecule has 1 amide bonds. The molecule has 1 heterocycles. The third kappa shape index (κ3) is 6.06. The van der Waals surface area contributed by atoms with E-state index in [1.165, 1.54) is 34.6 Å². The number of nitrogens with one attached hydrogen (secondary N) is 1. The summed E-state index contributed by atoms with van der Waals surface area (Å²) in [5.41, 5.74) is 1.60. The number of nitro benzene ring substituents is 1. The predicted octanol–water partition coefficient (Wildman–Crippen LogP) is 4.36. The first-order valence-corrected chi connectivity index (χ1v) is 13.5. The van der Waals surface area contributed by atoms with E-state index in [0.717, 1.165) is 17.7 Å². The number of esters is 1. The van der Waals surface area contributed by atoms with Gasteiger partial charge in [0.1, 0.15) is 5.82 Å². The summed E-state index contributed by atoms with van der Waals surface area (Å²) in [5, 5.41) is 13.4. The number of rotatable bonds is 8. The van der Waals surface area contributed by atoms with Gasteiger partial charge in [0.25, 0.3) is 11.6 Å². The molecule has 1 N–H and O–H groups in total. The van der Waals surface area contributed by atoms with Crippen molar-refractivity contribution in [3.8, 4) is 0 Å². The fourth-order valence-corrected chi connectivity index (χ4v) is 6.21. The molecule has 0 saturated carbocycles. The summed E-state index contributed by atoms with van der Waals surface area (Å²) in [7, 11) is -4.08. The second-order valence-electron chi connectivity index (χ2n) is 8.37. The zero-order valence-electron chi connectivity index (χ0n) is 19.7. The van der Waals surface area contributed by atoms with Crippen LogP contribution in [0.1, 0.15) is 23.6 Å². The zero-order valence-corrected chi connectivity index (χ0v) is 22.1. The lowest BCUT2D eigenvalue weighted by atomic mass is 9.92. The maximum Gasteiger partial charge on any atom is 0.308 e. The molecular weight excluding hydrogens is 585 g/mol. The van der Waals surface area contributed by atoms with Crippen LogP contribution in [0.2, 0.25) is 0 Å². The number of anilines is 1. The van der Waals surface area contributed by atoms with Crippen molar-refractivity contribution in [2.45, 2.75) is 23.8 Å². The molecule has 0 radical (unpaired) electrons. The minimum atomic E-state index is -4.08. The molecule has 198 valence electrons. The van der Waals surface area contributed by atoms with Gasteiger partial charge in [0.05, 0.1) is 28.0 Å². The summed E-state index contributed by atoms with van der Waals surface area (Å²) in [6.07, 6.45) is 0.0701. The molecule has 10 nitrogen and oxygen atoms in total. The molecule has 0 aliphatic carbocycles. The van der Waals surface area contributed by atoms with Crippen LogP contribution in [0.3, 0.4) is 0 Å². The molecule has 0 bridgehead atoms. The van der Waals surface area contributed by atoms with E-state index in [1.54, 1.807) is 12.1 Å². The van der Waals surface area contributed by atoms with Crippen LogP contribution < -0.4 is 5.32 Å². The lowest BCUT2D eigenvalue weighted by Gasteiger charge is -2.36. The van der Waals surface area contributed by atoms with E-state index >= 15 is 0 Å². The first-order chi connectivity index (χ1) is 18.1. The smallest absolute Gasteiger partial charge is 0.308 e. The Morgan fingerprint density at radius 1 is 1.13 bits per heavy atom. The van der Waals surface area contributed by atoms with E-state index in [4.69, 9.17) is 4.74 Å². The number of sulfonamides is 1. The molecule has 1 atom stereocenters. The summed E-state index contributed by atoms with van der Waals surface area (Å²) >= 11 is 3.14. The molecule has 1 unspecified atom stereocenters. The highest BCUT2D eigenvalue weighted by molar-refractivity contribution is 9.10. The minimum absolute atomic E-state index is 0.101. The third-order valence-corrected chi connectivity index (χ3v) is 8.52. The highest BCUT2D eigenvalue weighted by Gasteiger charge is 2.38. The molecule has 0 aromatic heterocycles. The van der Waals surface area contributed by atoms with Gasteiger partial charge in [-0.3, -0.25) is 19.7 Å². The van der Waals surface area contributed by atoms with Gasteiger partial charge < -0.3 is 10.1 Å². The first kappa shape index (κ1) is 27.4. The normalized spacial score (nSPS) is 15.4. The number of nitro groups is 1. The van der Waals surface area contributed by atoms with E-state index in [1.807, 2.05) is 12.1 Å². The topological polar surface area (TPSA) is 136 Å². The predicted molar refractivity (Wildman–Crippen MR) is 138 cm³/mol. The molecule has 3 aromatic carbocycles. The quantitative estimate of drug-likeness (QED) is 0.229. The number of carbonyl (C=O) groups excluding carboxylic acids is 2. The Labute approximate surface area is 225 Å². The van der Waals surface area contributed by atoms with Crippen molar-refractivity contribution in [3.63, 3.8) is 0 Å². The van der Waals surface area contributed by atoms with Crippen LogP contribution >= 0.6 is 15.9 Å². The number of carbonyl (C=O) groups is 2. The van der Waals surface area contributed by atoms with Gasteiger partial charge in [-0.25, -0.2) is 12.8 Å². The minimum Gasteiger partial charge on any atom is -0.456 e. The Morgan fingerprint density at radius 3 is 2.53 bits per heavy atom. The maximum absolute atomic E-state index is 13.4. The summed E-state index contributed by atoms with van der Waals surface area (Å²) in [4.78, 5) is 35.3. The van der Waals surface area contributed by atoms with Gasteiger partial charge in [0.2, 0.25) is 10.0 Å². The molecule has 1 aliphatic heterocycles. The maximum atomic E-state index is 13.4. The van der Waals surface area contributed by atoms with E-state index in [0.29, 0.717) is 12.0 Å². The van der Waals surface area contributed by atoms with Gasteiger partial charge in [-0.15, -0.1) is 0 Å². The number of ether oxygens (including phenoxy) is 1. The SMILES string of the molecule is O=C(COC(=O)CC1c2ccccc2CCN1S(=O)(=O)c1ccc(F)cc1)Nc1ccc([N+](=O)[O-])cc1Br. The van der Waals surface area contributed by atoms with Crippen LogP contribution in [0, 0.1) is 15.9 Å². The Morgan fingerprint density at radius 2 is 1.84 bits per heavy atom. The zero-order chi connectivity index (χ0) is 27.4. The fraction of sp³-hybridized carbons (Fsp3) is 0.200. The number of nitrogens with zero attached hydrogens (tertiary/aromatic N) is 2. The van der Waals surface area contributed by atoms with Crippen LogP contribution in [0.25, 0.3) is 0 Å². The molecule has 0 saturated heterocycles. The number of hydrogen-bond acceptors (Lipinski definition) is 7. The summed E-state index contributed by atoms with van der Waals surface area (Å²) < 4.78 is 46.8. The largest absolute Gasteiger partial charge is 0.456 e. The van der Waals surface area contributed by atoms with Gasteiger partial charge in [-0.2, -0.15) is 4.31 Å². The number of hydrogen-bond donors (Lipinski definition) is 1. The molecule has 0 fully saturated rings. The Hall–Kier alpha value is -3.68.